The number of hydrogen-bond donors (Lipinski definition) is 0. The van der Waals surface area contributed by atoms with Gasteiger partial charge in [-0.25, -0.2) is 4.39 Å². The molecular weight excluding hydrogens is 271 g/mol. The van der Waals surface area contributed by atoms with Gasteiger partial charge in [0.1, 0.15) is 5.82 Å². The van der Waals surface area contributed by atoms with Crippen LogP contribution in [0, 0.1) is 11.7 Å². The Morgan fingerprint density at radius 2 is 2.24 bits per heavy atom. The van der Waals surface area contributed by atoms with Crippen LogP contribution in [0.5, 0.6) is 0 Å². The summed E-state index contributed by atoms with van der Waals surface area (Å²) in [5.74, 6) is -0.846. The zero-order chi connectivity index (χ0) is 15.4. The number of benzene rings is 1. The predicted molar refractivity (Wildman–Crippen MR) is 77.8 cm³/mol. The lowest BCUT2D eigenvalue weighted by Crippen LogP contribution is -2.37. The summed E-state index contributed by atoms with van der Waals surface area (Å²) < 4.78 is 13.7. The van der Waals surface area contributed by atoms with Gasteiger partial charge in [0.05, 0.1) is 5.92 Å². The molecule has 1 aliphatic heterocycles. The lowest BCUT2D eigenvalue weighted by Gasteiger charge is -2.24. The van der Waals surface area contributed by atoms with Crippen LogP contribution < -0.4 is 0 Å². The van der Waals surface area contributed by atoms with Crippen LogP contribution in [0.4, 0.5) is 4.39 Å². The van der Waals surface area contributed by atoms with Crippen molar-refractivity contribution < 1.29 is 14.0 Å². The number of hydrogen-bond acceptors (Lipinski definition) is 2. The second-order valence-electron chi connectivity index (χ2n) is 5.27. The van der Waals surface area contributed by atoms with Crippen LogP contribution in [-0.2, 0) is 16.1 Å². The normalized spacial score (nSPS) is 17.9. The largest absolute Gasteiger partial charge is 0.345 e. The highest BCUT2D eigenvalue weighted by Gasteiger charge is 2.34. The minimum atomic E-state index is -0.353. The molecule has 0 bridgehead atoms. The molecule has 1 unspecified atom stereocenters. The van der Waals surface area contributed by atoms with E-state index in [4.69, 9.17) is 0 Å². The molecule has 4 nitrogen and oxygen atoms in total. The molecule has 1 atom stereocenters. The number of rotatable bonds is 5. The van der Waals surface area contributed by atoms with Crippen molar-refractivity contribution in [1.29, 1.82) is 0 Å². The van der Waals surface area contributed by atoms with Crippen LogP contribution in [-0.4, -0.2) is 41.8 Å². The third-order valence-electron chi connectivity index (χ3n) is 3.67. The minimum Gasteiger partial charge on any atom is -0.345 e. The Balaban J connectivity index is 2.12. The molecular formula is C16H19FN2O2. The van der Waals surface area contributed by atoms with Gasteiger partial charge < -0.3 is 9.80 Å². The molecule has 1 fully saturated rings. The van der Waals surface area contributed by atoms with Crippen LogP contribution in [0.1, 0.15) is 12.0 Å². The molecule has 0 spiro atoms. The summed E-state index contributed by atoms with van der Waals surface area (Å²) in [6.07, 6.45) is 1.83. The van der Waals surface area contributed by atoms with Gasteiger partial charge in [-0.2, -0.15) is 0 Å². The van der Waals surface area contributed by atoms with Crippen molar-refractivity contribution in [3.05, 3.63) is 48.3 Å². The summed E-state index contributed by atoms with van der Waals surface area (Å²) in [6, 6.07) is 6.38. The molecule has 0 radical (unpaired) electrons. The maximum absolute atomic E-state index is 13.7. The first kappa shape index (κ1) is 15.2. The van der Waals surface area contributed by atoms with Gasteiger partial charge in [-0.1, -0.05) is 24.3 Å². The van der Waals surface area contributed by atoms with Gasteiger partial charge in [-0.3, -0.25) is 9.59 Å². The van der Waals surface area contributed by atoms with Gasteiger partial charge in [0.15, 0.2) is 0 Å². The van der Waals surface area contributed by atoms with Crippen molar-refractivity contribution in [3.63, 3.8) is 0 Å². The fourth-order valence-corrected chi connectivity index (χ4v) is 2.51. The van der Waals surface area contributed by atoms with Crippen LogP contribution in [0.3, 0.4) is 0 Å². The molecule has 21 heavy (non-hydrogen) atoms. The van der Waals surface area contributed by atoms with Gasteiger partial charge in [0.25, 0.3) is 0 Å². The lowest BCUT2D eigenvalue weighted by molar-refractivity contribution is -0.135. The van der Waals surface area contributed by atoms with Gasteiger partial charge in [-0.15, -0.1) is 6.58 Å². The highest BCUT2D eigenvalue weighted by Crippen LogP contribution is 2.20. The van der Waals surface area contributed by atoms with Crippen molar-refractivity contribution in [2.75, 3.05) is 20.1 Å². The van der Waals surface area contributed by atoms with Crippen LogP contribution >= 0.6 is 0 Å². The molecule has 1 heterocycles. The molecule has 2 rings (SSSR count). The molecule has 1 aromatic carbocycles. The smallest absolute Gasteiger partial charge is 0.228 e. The zero-order valence-electron chi connectivity index (χ0n) is 12.1. The van der Waals surface area contributed by atoms with Crippen LogP contribution in [0.25, 0.3) is 0 Å². The quantitative estimate of drug-likeness (QED) is 0.776. The van der Waals surface area contributed by atoms with Crippen LogP contribution in [0.15, 0.2) is 36.9 Å². The van der Waals surface area contributed by atoms with Gasteiger partial charge in [-0.05, 0) is 6.07 Å². The molecule has 2 amide bonds. The lowest BCUT2D eigenvalue weighted by atomic mass is 10.1. The summed E-state index contributed by atoms with van der Waals surface area (Å²) in [4.78, 5) is 27.2. The Morgan fingerprint density at radius 3 is 2.81 bits per heavy atom. The summed E-state index contributed by atoms with van der Waals surface area (Å²) >= 11 is 0. The average Bonchev–Trinajstić information content (AvgIpc) is 2.80. The van der Waals surface area contributed by atoms with E-state index in [9.17, 15) is 14.0 Å². The maximum Gasteiger partial charge on any atom is 0.228 e. The minimum absolute atomic E-state index is 0.0298. The number of carbonyl (C=O) groups excluding carboxylic acids is 2. The molecule has 112 valence electrons. The summed E-state index contributed by atoms with van der Waals surface area (Å²) in [6.45, 7) is 4.58. The van der Waals surface area contributed by atoms with E-state index < -0.39 is 0 Å². The highest BCUT2D eigenvalue weighted by atomic mass is 19.1. The Labute approximate surface area is 123 Å². The Bertz CT molecular complexity index is 559. The van der Waals surface area contributed by atoms with E-state index in [-0.39, 0.29) is 36.5 Å². The van der Waals surface area contributed by atoms with Gasteiger partial charge >= 0.3 is 0 Å². The standard InChI is InChI=1S/C16H19FN2O2/c1-3-8-19(11-12-6-4-5-7-14(12)17)16(21)13-9-15(20)18(2)10-13/h3-7,13H,1,8-11H2,2H3. The zero-order valence-corrected chi connectivity index (χ0v) is 12.1. The van der Waals surface area contributed by atoms with E-state index in [0.29, 0.717) is 18.7 Å². The third kappa shape index (κ3) is 3.48. The van der Waals surface area contributed by atoms with Crippen molar-refractivity contribution in [1.82, 2.24) is 9.80 Å². The molecule has 1 aromatic rings. The number of amides is 2. The molecule has 0 saturated carbocycles. The maximum atomic E-state index is 13.7. The molecule has 1 aliphatic rings. The third-order valence-corrected chi connectivity index (χ3v) is 3.67. The monoisotopic (exact) mass is 290 g/mol. The van der Waals surface area contributed by atoms with E-state index in [1.54, 1.807) is 41.1 Å². The number of halogens is 1. The second kappa shape index (κ2) is 6.52. The van der Waals surface area contributed by atoms with Crippen molar-refractivity contribution in [2.45, 2.75) is 13.0 Å². The Morgan fingerprint density at radius 1 is 1.52 bits per heavy atom. The number of nitrogens with zero attached hydrogens (tertiary/aromatic N) is 2. The number of carbonyl (C=O) groups is 2. The van der Waals surface area contributed by atoms with Gasteiger partial charge in [0.2, 0.25) is 11.8 Å². The van der Waals surface area contributed by atoms with Gasteiger partial charge in [0, 0.05) is 38.7 Å². The van der Waals surface area contributed by atoms with Crippen molar-refractivity contribution in [3.8, 4) is 0 Å². The molecule has 0 N–H and O–H groups in total. The van der Waals surface area contributed by atoms with E-state index >= 15 is 0 Å². The van der Waals surface area contributed by atoms with E-state index in [1.165, 1.54) is 6.07 Å². The molecule has 0 aromatic heterocycles. The number of likely N-dealkylation sites (tertiary alicyclic amines) is 1. The first-order valence-electron chi connectivity index (χ1n) is 6.90. The first-order chi connectivity index (χ1) is 10.0. The average molecular weight is 290 g/mol. The van der Waals surface area contributed by atoms with Crippen molar-refractivity contribution >= 4 is 11.8 Å². The van der Waals surface area contributed by atoms with E-state index in [1.807, 2.05) is 0 Å². The fourth-order valence-electron chi connectivity index (χ4n) is 2.51. The van der Waals surface area contributed by atoms with Crippen LogP contribution in [0.2, 0.25) is 0 Å². The summed E-state index contributed by atoms with van der Waals surface area (Å²) in [5, 5.41) is 0. The summed E-state index contributed by atoms with van der Waals surface area (Å²) in [7, 11) is 1.68. The topological polar surface area (TPSA) is 40.6 Å². The fraction of sp³-hybridized carbons (Fsp3) is 0.375. The van der Waals surface area contributed by atoms with E-state index in [0.717, 1.165) is 0 Å². The van der Waals surface area contributed by atoms with E-state index in [2.05, 4.69) is 6.58 Å². The van der Waals surface area contributed by atoms with Crippen molar-refractivity contribution in [2.24, 2.45) is 5.92 Å². The Hall–Kier alpha value is -2.17. The molecule has 5 heteroatoms. The molecule has 0 aliphatic carbocycles. The molecule has 1 saturated heterocycles. The first-order valence-corrected chi connectivity index (χ1v) is 6.90. The highest BCUT2D eigenvalue weighted by molar-refractivity contribution is 5.89. The predicted octanol–water partition coefficient (Wildman–Crippen LogP) is 1.82. The second-order valence-corrected chi connectivity index (χ2v) is 5.27. The SMILES string of the molecule is C=CCN(Cc1ccccc1F)C(=O)C1CC(=O)N(C)C1. The summed E-state index contributed by atoms with van der Waals surface area (Å²) in [5.41, 5.74) is 0.463. The Kier molecular flexibility index (Phi) is 4.73.